The molecule has 0 aliphatic carbocycles. The van der Waals surface area contributed by atoms with Crippen molar-refractivity contribution in [1.82, 2.24) is 5.32 Å². The summed E-state index contributed by atoms with van der Waals surface area (Å²) in [6, 6.07) is 6.28. The Kier molecular flexibility index (Phi) is 4.21. The number of carboxylic acids is 1. The van der Waals surface area contributed by atoms with E-state index in [2.05, 4.69) is 10.1 Å². The Labute approximate surface area is 97.2 Å². The first-order valence-corrected chi connectivity index (χ1v) is 4.73. The molecule has 1 amide bonds. The normalized spacial score (nSPS) is 11.4. The molecule has 6 nitrogen and oxygen atoms in total. The summed E-state index contributed by atoms with van der Waals surface area (Å²) in [7, 11) is 1.05. The van der Waals surface area contributed by atoms with Gasteiger partial charge in [0.15, 0.2) is 0 Å². The van der Waals surface area contributed by atoms with Crippen LogP contribution in [0.1, 0.15) is 10.4 Å². The molecule has 0 saturated heterocycles. The van der Waals surface area contributed by atoms with Gasteiger partial charge >= 0.3 is 11.9 Å². The highest BCUT2D eigenvalue weighted by atomic mass is 16.5. The van der Waals surface area contributed by atoms with E-state index in [1.807, 2.05) is 0 Å². The highest BCUT2D eigenvalue weighted by molar-refractivity contribution is 6.05. The Balaban J connectivity index is 2.78. The van der Waals surface area contributed by atoms with Crippen molar-refractivity contribution < 1.29 is 24.2 Å². The van der Waals surface area contributed by atoms with E-state index in [9.17, 15) is 14.4 Å². The Hall–Kier alpha value is -2.37. The van der Waals surface area contributed by atoms with Gasteiger partial charge in [0.1, 0.15) is 0 Å². The second kappa shape index (κ2) is 5.64. The van der Waals surface area contributed by atoms with Gasteiger partial charge in [-0.3, -0.25) is 4.79 Å². The van der Waals surface area contributed by atoms with Gasteiger partial charge in [0.2, 0.25) is 6.04 Å². The van der Waals surface area contributed by atoms with Crippen molar-refractivity contribution in [3.05, 3.63) is 35.9 Å². The topological polar surface area (TPSA) is 92.7 Å². The summed E-state index contributed by atoms with van der Waals surface area (Å²) >= 11 is 0. The van der Waals surface area contributed by atoms with Crippen LogP contribution >= 0.6 is 0 Å². The Morgan fingerprint density at radius 3 is 2.29 bits per heavy atom. The van der Waals surface area contributed by atoms with Crippen LogP contribution in [0.4, 0.5) is 0 Å². The van der Waals surface area contributed by atoms with Crippen LogP contribution < -0.4 is 5.32 Å². The molecule has 2 N–H and O–H groups in total. The highest BCUT2D eigenvalue weighted by Crippen LogP contribution is 1.99. The lowest BCUT2D eigenvalue weighted by molar-refractivity contribution is -0.152. The molecule has 1 rings (SSSR count). The average molecular weight is 237 g/mol. The molecule has 1 aromatic rings. The predicted molar refractivity (Wildman–Crippen MR) is 57.3 cm³/mol. The minimum Gasteiger partial charge on any atom is -0.479 e. The molecule has 1 unspecified atom stereocenters. The summed E-state index contributed by atoms with van der Waals surface area (Å²) in [4.78, 5) is 33.5. The lowest BCUT2D eigenvalue weighted by atomic mass is 10.2. The van der Waals surface area contributed by atoms with Crippen molar-refractivity contribution in [2.45, 2.75) is 6.04 Å². The standard InChI is InChI=1S/C11H11NO5/c1-17-11(16)8(10(14)15)12-9(13)7-5-3-2-4-6-7/h2-6,8H,1H3,(H,12,13)(H,14,15). The molecular weight excluding hydrogens is 226 g/mol. The maximum atomic E-state index is 11.6. The van der Waals surface area contributed by atoms with Crippen LogP contribution in [-0.4, -0.2) is 36.1 Å². The van der Waals surface area contributed by atoms with E-state index < -0.39 is 23.9 Å². The zero-order valence-corrected chi connectivity index (χ0v) is 9.04. The Morgan fingerprint density at radius 2 is 1.82 bits per heavy atom. The molecular formula is C11H11NO5. The lowest BCUT2D eigenvalue weighted by Crippen LogP contribution is -2.47. The number of benzene rings is 1. The molecule has 0 bridgehead atoms. The van der Waals surface area contributed by atoms with Crippen LogP contribution in [0.15, 0.2) is 30.3 Å². The third-order valence-electron chi connectivity index (χ3n) is 2.00. The van der Waals surface area contributed by atoms with Crippen LogP contribution in [0.2, 0.25) is 0 Å². The van der Waals surface area contributed by atoms with Gasteiger partial charge in [-0.15, -0.1) is 0 Å². The molecule has 0 radical (unpaired) electrons. The van der Waals surface area contributed by atoms with Crippen LogP contribution in [0.25, 0.3) is 0 Å². The van der Waals surface area contributed by atoms with E-state index in [1.54, 1.807) is 18.2 Å². The number of rotatable bonds is 4. The fourth-order valence-corrected chi connectivity index (χ4v) is 1.14. The number of methoxy groups -OCH3 is 1. The number of hydrogen-bond acceptors (Lipinski definition) is 4. The van der Waals surface area contributed by atoms with Gasteiger partial charge in [0, 0.05) is 5.56 Å². The fraction of sp³-hybridized carbons (Fsp3) is 0.182. The van der Waals surface area contributed by atoms with E-state index >= 15 is 0 Å². The second-order valence-corrected chi connectivity index (χ2v) is 3.13. The quantitative estimate of drug-likeness (QED) is 0.569. The summed E-state index contributed by atoms with van der Waals surface area (Å²) in [6.45, 7) is 0. The molecule has 0 aliphatic heterocycles. The van der Waals surface area contributed by atoms with Gasteiger partial charge in [-0.2, -0.15) is 0 Å². The Bertz CT molecular complexity index is 429. The number of carboxylic acid groups (broad SMARTS) is 1. The number of aliphatic carboxylic acids is 1. The number of ether oxygens (including phenoxy) is 1. The number of amides is 1. The maximum Gasteiger partial charge on any atom is 0.340 e. The van der Waals surface area contributed by atoms with Crippen LogP contribution in [-0.2, 0) is 14.3 Å². The molecule has 0 aliphatic rings. The number of hydrogen-bond donors (Lipinski definition) is 2. The van der Waals surface area contributed by atoms with Gasteiger partial charge in [0.25, 0.3) is 5.91 Å². The van der Waals surface area contributed by atoms with E-state index in [0.29, 0.717) is 0 Å². The van der Waals surface area contributed by atoms with Crippen molar-refractivity contribution in [3.63, 3.8) is 0 Å². The summed E-state index contributed by atoms with van der Waals surface area (Å²) in [5, 5.41) is 10.8. The minimum atomic E-state index is -1.70. The molecule has 90 valence electrons. The third kappa shape index (κ3) is 3.30. The van der Waals surface area contributed by atoms with Gasteiger partial charge in [0.05, 0.1) is 7.11 Å². The van der Waals surface area contributed by atoms with Gasteiger partial charge in [-0.25, -0.2) is 9.59 Å². The maximum absolute atomic E-state index is 11.6. The predicted octanol–water partition coefficient (Wildman–Crippen LogP) is 0.0426. The van der Waals surface area contributed by atoms with Gasteiger partial charge < -0.3 is 15.2 Å². The van der Waals surface area contributed by atoms with Crippen molar-refractivity contribution >= 4 is 17.8 Å². The number of nitrogens with one attached hydrogen (secondary N) is 1. The molecule has 1 aromatic carbocycles. The summed E-state index contributed by atoms with van der Waals surface area (Å²) in [5.74, 6) is -3.15. The summed E-state index contributed by atoms with van der Waals surface area (Å²) in [5.41, 5.74) is 0.266. The molecule has 0 spiro atoms. The van der Waals surface area contributed by atoms with E-state index in [1.165, 1.54) is 12.1 Å². The molecule has 17 heavy (non-hydrogen) atoms. The monoisotopic (exact) mass is 237 g/mol. The van der Waals surface area contributed by atoms with Gasteiger partial charge in [-0.1, -0.05) is 18.2 Å². The van der Waals surface area contributed by atoms with Crippen LogP contribution in [0.5, 0.6) is 0 Å². The number of esters is 1. The molecule has 0 saturated carbocycles. The summed E-state index contributed by atoms with van der Waals surface area (Å²) in [6.07, 6.45) is 0. The van der Waals surface area contributed by atoms with E-state index in [0.717, 1.165) is 7.11 Å². The zero-order chi connectivity index (χ0) is 12.8. The smallest absolute Gasteiger partial charge is 0.340 e. The minimum absolute atomic E-state index is 0.266. The largest absolute Gasteiger partial charge is 0.479 e. The van der Waals surface area contributed by atoms with Gasteiger partial charge in [-0.05, 0) is 12.1 Å². The van der Waals surface area contributed by atoms with E-state index in [-0.39, 0.29) is 5.56 Å². The number of carbonyl (C=O) groups excluding carboxylic acids is 2. The molecule has 1 atom stereocenters. The van der Waals surface area contributed by atoms with Crippen molar-refractivity contribution in [3.8, 4) is 0 Å². The van der Waals surface area contributed by atoms with Crippen molar-refractivity contribution in [1.29, 1.82) is 0 Å². The Morgan fingerprint density at radius 1 is 1.24 bits per heavy atom. The first-order chi connectivity index (χ1) is 8.06. The SMILES string of the molecule is COC(=O)C(NC(=O)c1ccccc1)C(=O)O. The van der Waals surface area contributed by atoms with Crippen LogP contribution in [0.3, 0.4) is 0 Å². The average Bonchev–Trinajstić information content (AvgIpc) is 2.35. The first kappa shape index (κ1) is 12.7. The lowest BCUT2D eigenvalue weighted by Gasteiger charge is -2.11. The third-order valence-corrected chi connectivity index (χ3v) is 2.00. The molecule has 0 aromatic heterocycles. The van der Waals surface area contributed by atoms with Crippen molar-refractivity contribution in [2.24, 2.45) is 0 Å². The van der Waals surface area contributed by atoms with Crippen molar-refractivity contribution in [2.75, 3.05) is 7.11 Å². The van der Waals surface area contributed by atoms with Crippen LogP contribution in [0, 0.1) is 0 Å². The molecule has 0 fully saturated rings. The summed E-state index contributed by atoms with van der Waals surface area (Å²) < 4.78 is 4.28. The highest BCUT2D eigenvalue weighted by Gasteiger charge is 2.29. The van der Waals surface area contributed by atoms with E-state index in [4.69, 9.17) is 5.11 Å². The zero-order valence-electron chi connectivity index (χ0n) is 9.04. The second-order valence-electron chi connectivity index (χ2n) is 3.13. The fourth-order valence-electron chi connectivity index (χ4n) is 1.14. The first-order valence-electron chi connectivity index (χ1n) is 4.73. The number of carbonyl (C=O) groups is 3. The molecule has 0 heterocycles. The molecule has 6 heteroatoms.